The highest BCUT2D eigenvalue weighted by Crippen LogP contribution is 2.33. The fourth-order valence-electron chi connectivity index (χ4n) is 4.13. The Morgan fingerprint density at radius 1 is 1.06 bits per heavy atom. The van der Waals surface area contributed by atoms with Crippen molar-refractivity contribution in [3.8, 4) is 11.5 Å². The van der Waals surface area contributed by atoms with Crippen LogP contribution in [0.4, 0.5) is 11.4 Å². The highest BCUT2D eigenvalue weighted by Gasteiger charge is 2.32. The van der Waals surface area contributed by atoms with E-state index in [0.717, 1.165) is 22.4 Å². The molecule has 0 radical (unpaired) electrons. The third-order valence-corrected chi connectivity index (χ3v) is 5.63. The smallest absolute Gasteiger partial charge is 0.278 e. The topological polar surface area (TPSA) is 103 Å². The van der Waals surface area contributed by atoms with Crippen LogP contribution in [0, 0.1) is 0 Å². The number of anilines is 2. The standard InChI is InChI=1S/C24H22N4O5/c1-15-12-16-4-2-3-5-19(16)28(15)24(31)18-7-9-23(30)27(26-18)14-22(29)25-17-6-8-20-21(13-17)33-11-10-32-20/h2-9,13,15H,10-12,14H2,1H3,(H,25,29). The lowest BCUT2D eigenvalue weighted by Crippen LogP contribution is -2.38. The van der Waals surface area contributed by atoms with Gasteiger partial charge in [-0.15, -0.1) is 0 Å². The van der Waals surface area contributed by atoms with Gasteiger partial charge in [-0.3, -0.25) is 14.4 Å². The molecule has 0 spiro atoms. The Kier molecular flexibility index (Phi) is 5.29. The van der Waals surface area contributed by atoms with Gasteiger partial charge in [-0.2, -0.15) is 5.10 Å². The predicted molar refractivity (Wildman–Crippen MR) is 121 cm³/mol. The minimum Gasteiger partial charge on any atom is -0.486 e. The van der Waals surface area contributed by atoms with Crippen molar-refractivity contribution in [2.24, 2.45) is 0 Å². The first kappa shape index (κ1) is 20.7. The van der Waals surface area contributed by atoms with Gasteiger partial charge in [-0.1, -0.05) is 18.2 Å². The third kappa shape index (κ3) is 4.05. The number of fused-ring (bicyclic) bond motifs is 2. The maximum Gasteiger partial charge on any atom is 0.278 e. The van der Waals surface area contributed by atoms with Crippen molar-refractivity contribution in [3.05, 3.63) is 76.2 Å². The minimum absolute atomic E-state index is 0.0319. The molecule has 9 heteroatoms. The summed E-state index contributed by atoms with van der Waals surface area (Å²) in [5.74, 6) is 0.391. The maximum absolute atomic E-state index is 13.2. The number of nitrogens with one attached hydrogen (secondary N) is 1. The number of carbonyl (C=O) groups is 2. The van der Waals surface area contributed by atoms with Crippen molar-refractivity contribution in [1.82, 2.24) is 9.78 Å². The number of amides is 2. The van der Waals surface area contributed by atoms with Crippen LogP contribution in [-0.4, -0.2) is 40.9 Å². The van der Waals surface area contributed by atoms with Gasteiger partial charge in [0.15, 0.2) is 11.5 Å². The van der Waals surface area contributed by atoms with E-state index in [1.54, 1.807) is 23.1 Å². The molecular formula is C24H22N4O5. The molecule has 0 fully saturated rings. The van der Waals surface area contributed by atoms with Gasteiger partial charge in [0, 0.05) is 29.5 Å². The molecule has 1 N–H and O–H groups in total. The summed E-state index contributed by atoms with van der Waals surface area (Å²) in [6.45, 7) is 2.55. The normalized spacial score (nSPS) is 16.3. The fraction of sp³-hybridized carbons (Fsp3) is 0.250. The predicted octanol–water partition coefficient (Wildman–Crippen LogP) is 2.24. The molecule has 3 heterocycles. The molecule has 5 rings (SSSR count). The monoisotopic (exact) mass is 446 g/mol. The van der Waals surface area contributed by atoms with Gasteiger partial charge in [0.05, 0.1) is 0 Å². The highest BCUT2D eigenvalue weighted by atomic mass is 16.6. The first-order chi connectivity index (χ1) is 16.0. The number of hydrogen-bond acceptors (Lipinski definition) is 6. The second-order valence-electron chi connectivity index (χ2n) is 7.98. The Balaban J connectivity index is 1.33. The summed E-state index contributed by atoms with van der Waals surface area (Å²) in [7, 11) is 0. The summed E-state index contributed by atoms with van der Waals surface area (Å²) < 4.78 is 12.0. The number of rotatable bonds is 4. The van der Waals surface area contributed by atoms with Crippen LogP contribution in [0.5, 0.6) is 11.5 Å². The average Bonchev–Trinajstić information content (AvgIpc) is 3.15. The summed E-state index contributed by atoms with van der Waals surface area (Å²) in [4.78, 5) is 39.8. The Hall–Kier alpha value is -4.14. The van der Waals surface area contributed by atoms with Crippen LogP contribution in [0.2, 0.25) is 0 Å². The molecule has 0 aliphatic carbocycles. The van der Waals surface area contributed by atoms with E-state index >= 15 is 0 Å². The van der Waals surface area contributed by atoms with Crippen LogP contribution < -0.4 is 25.2 Å². The van der Waals surface area contributed by atoms with E-state index in [1.807, 2.05) is 31.2 Å². The zero-order valence-corrected chi connectivity index (χ0v) is 18.0. The molecular weight excluding hydrogens is 424 g/mol. The van der Waals surface area contributed by atoms with Crippen LogP contribution >= 0.6 is 0 Å². The van der Waals surface area contributed by atoms with E-state index in [-0.39, 0.29) is 24.2 Å². The fourth-order valence-corrected chi connectivity index (χ4v) is 4.13. The SMILES string of the molecule is CC1Cc2ccccc2N1C(=O)c1ccc(=O)n(CC(=O)Nc2ccc3c(c2)OCCO3)n1. The molecule has 33 heavy (non-hydrogen) atoms. The quantitative estimate of drug-likeness (QED) is 0.660. The lowest BCUT2D eigenvalue weighted by atomic mass is 10.1. The van der Waals surface area contributed by atoms with Crippen LogP contribution in [0.15, 0.2) is 59.4 Å². The molecule has 1 atom stereocenters. The molecule has 0 bridgehead atoms. The Bertz CT molecular complexity index is 1300. The summed E-state index contributed by atoms with van der Waals surface area (Å²) in [6.07, 6.45) is 0.749. The first-order valence-electron chi connectivity index (χ1n) is 10.7. The lowest BCUT2D eigenvalue weighted by molar-refractivity contribution is -0.117. The number of hydrogen-bond donors (Lipinski definition) is 1. The molecule has 1 unspecified atom stereocenters. The molecule has 0 saturated carbocycles. The molecule has 1 aromatic heterocycles. The summed E-state index contributed by atoms with van der Waals surface area (Å²) in [5.41, 5.74) is 2.06. The highest BCUT2D eigenvalue weighted by molar-refractivity contribution is 6.06. The lowest BCUT2D eigenvalue weighted by Gasteiger charge is -2.22. The van der Waals surface area contributed by atoms with Gasteiger partial charge >= 0.3 is 0 Å². The summed E-state index contributed by atoms with van der Waals surface area (Å²) in [6, 6.07) is 15.4. The van der Waals surface area contributed by atoms with Gasteiger partial charge in [0.1, 0.15) is 25.5 Å². The van der Waals surface area contributed by atoms with Crippen LogP contribution in [0.1, 0.15) is 23.0 Å². The molecule has 2 aliphatic heterocycles. The minimum atomic E-state index is -0.473. The van der Waals surface area contributed by atoms with Crippen molar-refractivity contribution in [2.45, 2.75) is 25.9 Å². The Morgan fingerprint density at radius 2 is 1.85 bits per heavy atom. The van der Waals surface area contributed by atoms with Crippen LogP contribution in [0.3, 0.4) is 0 Å². The molecule has 2 aliphatic rings. The van der Waals surface area contributed by atoms with Gasteiger partial charge in [-0.05, 0) is 43.2 Å². The number of para-hydroxylation sites is 1. The van der Waals surface area contributed by atoms with Crippen LogP contribution in [-0.2, 0) is 17.8 Å². The van der Waals surface area contributed by atoms with Gasteiger partial charge in [0.25, 0.3) is 11.5 Å². The van der Waals surface area contributed by atoms with E-state index in [2.05, 4.69) is 10.4 Å². The second-order valence-corrected chi connectivity index (χ2v) is 7.98. The van der Waals surface area contributed by atoms with Crippen molar-refractivity contribution in [1.29, 1.82) is 0 Å². The van der Waals surface area contributed by atoms with Crippen molar-refractivity contribution in [2.75, 3.05) is 23.4 Å². The Morgan fingerprint density at radius 3 is 2.70 bits per heavy atom. The molecule has 168 valence electrons. The zero-order chi connectivity index (χ0) is 22.9. The van der Waals surface area contributed by atoms with Gasteiger partial charge in [0.2, 0.25) is 5.91 Å². The molecule has 9 nitrogen and oxygen atoms in total. The Labute approximate surface area is 189 Å². The van der Waals surface area contributed by atoms with Crippen molar-refractivity contribution >= 4 is 23.2 Å². The molecule has 2 aromatic carbocycles. The number of ether oxygens (including phenoxy) is 2. The van der Waals surface area contributed by atoms with E-state index in [1.165, 1.54) is 12.1 Å². The summed E-state index contributed by atoms with van der Waals surface area (Å²) in [5, 5.41) is 6.91. The number of benzene rings is 2. The van der Waals surface area contributed by atoms with E-state index in [4.69, 9.17) is 9.47 Å². The number of aromatic nitrogens is 2. The molecule has 3 aromatic rings. The number of nitrogens with zero attached hydrogens (tertiary/aromatic N) is 3. The first-order valence-corrected chi connectivity index (χ1v) is 10.7. The second kappa shape index (κ2) is 8.42. The van der Waals surface area contributed by atoms with Crippen molar-refractivity contribution < 1.29 is 19.1 Å². The average molecular weight is 446 g/mol. The number of carbonyl (C=O) groups excluding carboxylic acids is 2. The van der Waals surface area contributed by atoms with E-state index in [9.17, 15) is 14.4 Å². The molecule has 2 amide bonds. The largest absolute Gasteiger partial charge is 0.486 e. The van der Waals surface area contributed by atoms with Crippen LogP contribution in [0.25, 0.3) is 0 Å². The third-order valence-electron chi connectivity index (χ3n) is 5.63. The van der Waals surface area contributed by atoms with Gasteiger partial charge in [-0.25, -0.2) is 4.68 Å². The zero-order valence-electron chi connectivity index (χ0n) is 18.0. The summed E-state index contributed by atoms with van der Waals surface area (Å²) >= 11 is 0. The van der Waals surface area contributed by atoms with Gasteiger partial charge < -0.3 is 19.7 Å². The van der Waals surface area contributed by atoms with Crippen molar-refractivity contribution in [3.63, 3.8) is 0 Å². The maximum atomic E-state index is 13.2. The van der Waals surface area contributed by atoms with E-state index in [0.29, 0.717) is 30.4 Å². The van der Waals surface area contributed by atoms with E-state index < -0.39 is 11.5 Å². The molecule has 0 saturated heterocycles.